The summed E-state index contributed by atoms with van der Waals surface area (Å²) < 4.78 is 17.1. The third kappa shape index (κ3) is 31.0. The van der Waals surface area contributed by atoms with Crippen molar-refractivity contribution in [2.24, 2.45) is 0 Å². The smallest absolute Gasteiger partial charge is 0.362 e. The van der Waals surface area contributed by atoms with E-state index in [1.54, 1.807) is 0 Å². The maximum Gasteiger partial charge on any atom is 0.362 e. The van der Waals surface area contributed by atoms with Crippen molar-refractivity contribution in [2.45, 2.75) is 148 Å². The molecule has 0 heterocycles. The van der Waals surface area contributed by atoms with E-state index in [0.717, 1.165) is 64.2 Å². The van der Waals surface area contributed by atoms with Gasteiger partial charge in [0.25, 0.3) is 0 Å². The highest BCUT2D eigenvalue weighted by atomic mass is 16.6. The van der Waals surface area contributed by atoms with Gasteiger partial charge in [0.05, 0.1) is 34.4 Å². The molecule has 0 spiro atoms. The molecule has 50 heavy (non-hydrogen) atoms. The Hall–Kier alpha value is -2.97. The minimum Gasteiger partial charge on any atom is -0.477 e. The van der Waals surface area contributed by atoms with Gasteiger partial charge in [0, 0.05) is 19.3 Å². The summed E-state index contributed by atoms with van der Waals surface area (Å²) in [4.78, 5) is 36.7. The average Bonchev–Trinajstić information content (AvgIpc) is 3.06. The van der Waals surface area contributed by atoms with Crippen LogP contribution < -0.4 is 0 Å². The van der Waals surface area contributed by atoms with E-state index in [2.05, 4.69) is 74.6 Å². The fourth-order valence-corrected chi connectivity index (χ4v) is 5.16. The van der Waals surface area contributed by atoms with E-state index >= 15 is 0 Å². The van der Waals surface area contributed by atoms with Gasteiger partial charge in [-0.25, -0.2) is 4.79 Å². The number of quaternary nitrogens is 1. The van der Waals surface area contributed by atoms with Crippen LogP contribution >= 0.6 is 0 Å². The fraction of sp³-hybridized carbons (Fsp3) is 0.690. The number of aliphatic carboxylic acids is 1. The third-order valence-electron chi connectivity index (χ3n) is 8.18. The summed E-state index contributed by atoms with van der Waals surface area (Å²) in [6.07, 6.45) is 38.4. The molecule has 0 aliphatic heterocycles. The van der Waals surface area contributed by atoms with Gasteiger partial charge in [0.15, 0.2) is 12.1 Å². The number of carboxylic acids is 1. The first kappa shape index (κ1) is 47.0. The molecule has 2 unspecified atom stereocenters. The van der Waals surface area contributed by atoms with E-state index in [1.807, 2.05) is 21.1 Å². The van der Waals surface area contributed by atoms with Crippen LogP contribution in [0, 0.1) is 0 Å². The van der Waals surface area contributed by atoms with Crippen LogP contribution in [0.15, 0.2) is 60.8 Å². The Labute approximate surface area is 305 Å². The highest BCUT2D eigenvalue weighted by molar-refractivity contribution is 5.72. The zero-order valence-corrected chi connectivity index (χ0v) is 32.3. The molecule has 0 aliphatic carbocycles. The van der Waals surface area contributed by atoms with Crippen LogP contribution in [0.2, 0.25) is 0 Å². The lowest BCUT2D eigenvalue weighted by Gasteiger charge is -2.31. The highest BCUT2D eigenvalue weighted by Crippen LogP contribution is 2.12. The molecule has 0 saturated carbocycles. The van der Waals surface area contributed by atoms with E-state index in [-0.39, 0.29) is 42.7 Å². The molecule has 0 aliphatic rings. The van der Waals surface area contributed by atoms with Gasteiger partial charge in [-0.15, -0.1) is 0 Å². The van der Waals surface area contributed by atoms with Crippen molar-refractivity contribution < 1.29 is 38.2 Å². The van der Waals surface area contributed by atoms with Crippen molar-refractivity contribution in [2.75, 3.05) is 41.0 Å². The second-order valence-corrected chi connectivity index (χ2v) is 13.8. The predicted molar refractivity (Wildman–Crippen MR) is 206 cm³/mol. The van der Waals surface area contributed by atoms with Gasteiger partial charge in [-0.1, -0.05) is 113 Å². The standard InChI is InChI=1S/C42H71NO7/c1-6-8-10-12-14-16-18-19-20-21-23-25-27-29-31-33-41(45)50-38(36-48-35-34-39(42(46)47)43(3,4)5)37-49-40(44)32-30-28-26-24-22-17-15-13-11-9-7-2/h9,11,14-19,24,26,38-39H,6-8,10,12-13,20-23,25,27-37H2,1-5H3/p+1/b11-9+,16-14+,17-15+,19-18+,26-24+. The minimum absolute atomic E-state index is 0.0378. The summed E-state index contributed by atoms with van der Waals surface area (Å²) in [6, 6.07) is -0.624. The molecule has 1 N–H and O–H groups in total. The Morgan fingerprint density at radius 3 is 1.82 bits per heavy atom. The monoisotopic (exact) mass is 703 g/mol. The van der Waals surface area contributed by atoms with Crippen molar-refractivity contribution in [3.63, 3.8) is 0 Å². The molecule has 0 aromatic heterocycles. The number of esters is 2. The molecular formula is C42H72NO7+. The number of likely N-dealkylation sites (N-methyl/N-ethyl adjacent to an activating group) is 1. The SMILES string of the molecule is CC/C=C/C/C=C/C/C=C/CCCC(=O)OCC(COCCC(C(=O)O)[N+](C)(C)C)OC(=O)CCCCCCCC/C=C/C=C/CCCCC. The molecule has 0 amide bonds. The van der Waals surface area contributed by atoms with Gasteiger partial charge in [0.1, 0.15) is 6.61 Å². The molecular weight excluding hydrogens is 630 g/mol. The number of carbonyl (C=O) groups is 3. The number of ether oxygens (including phenoxy) is 3. The Morgan fingerprint density at radius 1 is 0.640 bits per heavy atom. The van der Waals surface area contributed by atoms with E-state index in [1.165, 1.54) is 32.1 Å². The van der Waals surface area contributed by atoms with Crippen molar-refractivity contribution in [3.05, 3.63) is 60.8 Å². The van der Waals surface area contributed by atoms with Gasteiger partial charge in [0.2, 0.25) is 0 Å². The second-order valence-electron chi connectivity index (χ2n) is 13.8. The molecule has 286 valence electrons. The van der Waals surface area contributed by atoms with Gasteiger partial charge in [-0.05, 0) is 64.2 Å². The zero-order chi connectivity index (χ0) is 37.1. The first-order chi connectivity index (χ1) is 24.1. The molecule has 0 radical (unpaired) electrons. The number of rotatable bonds is 33. The van der Waals surface area contributed by atoms with Crippen LogP contribution in [0.5, 0.6) is 0 Å². The molecule has 0 aromatic carbocycles. The average molecular weight is 703 g/mol. The van der Waals surface area contributed by atoms with Crippen molar-refractivity contribution in [3.8, 4) is 0 Å². The lowest BCUT2D eigenvalue weighted by Crippen LogP contribution is -2.50. The number of hydrogen-bond acceptors (Lipinski definition) is 6. The summed E-state index contributed by atoms with van der Waals surface area (Å²) >= 11 is 0. The number of unbranched alkanes of at least 4 members (excludes halogenated alkanes) is 10. The third-order valence-corrected chi connectivity index (χ3v) is 8.18. The number of allylic oxidation sites excluding steroid dienone is 10. The topological polar surface area (TPSA) is 99.1 Å². The van der Waals surface area contributed by atoms with Crippen LogP contribution in [0.1, 0.15) is 136 Å². The summed E-state index contributed by atoms with van der Waals surface area (Å²) in [5, 5.41) is 9.58. The van der Waals surface area contributed by atoms with Crippen molar-refractivity contribution >= 4 is 17.9 Å². The Kier molecular flexibility index (Phi) is 31.2. The van der Waals surface area contributed by atoms with Gasteiger partial charge < -0.3 is 23.8 Å². The summed E-state index contributed by atoms with van der Waals surface area (Å²) in [7, 11) is 5.49. The highest BCUT2D eigenvalue weighted by Gasteiger charge is 2.31. The van der Waals surface area contributed by atoms with E-state index in [9.17, 15) is 19.5 Å². The first-order valence-corrected chi connectivity index (χ1v) is 19.3. The van der Waals surface area contributed by atoms with Crippen molar-refractivity contribution in [1.82, 2.24) is 0 Å². The largest absolute Gasteiger partial charge is 0.477 e. The van der Waals surface area contributed by atoms with Crippen LogP contribution in [0.25, 0.3) is 0 Å². The fourth-order valence-electron chi connectivity index (χ4n) is 5.16. The number of carboxylic acid groups (broad SMARTS) is 1. The quantitative estimate of drug-likeness (QED) is 0.0239. The Morgan fingerprint density at radius 2 is 1.20 bits per heavy atom. The predicted octanol–water partition coefficient (Wildman–Crippen LogP) is 9.85. The number of nitrogens with zero attached hydrogens (tertiary/aromatic N) is 1. The van der Waals surface area contributed by atoms with Crippen LogP contribution in [-0.2, 0) is 28.6 Å². The normalized spacial score (nSPS) is 13.7. The molecule has 0 bridgehead atoms. The molecule has 0 aromatic rings. The maximum atomic E-state index is 12.7. The van der Waals surface area contributed by atoms with Crippen LogP contribution in [0.3, 0.4) is 0 Å². The molecule has 2 atom stereocenters. The van der Waals surface area contributed by atoms with Crippen LogP contribution in [0.4, 0.5) is 0 Å². The van der Waals surface area contributed by atoms with Gasteiger partial charge >= 0.3 is 17.9 Å². The first-order valence-electron chi connectivity index (χ1n) is 19.3. The molecule has 0 rings (SSSR count). The Balaban J connectivity index is 4.51. The lowest BCUT2D eigenvalue weighted by atomic mass is 10.1. The summed E-state index contributed by atoms with van der Waals surface area (Å²) in [5.74, 6) is -1.56. The number of carbonyl (C=O) groups excluding carboxylic acids is 2. The van der Waals surface area contributed by atoms with E-state index in [0.29, 0.717) is 19.3 Å². The molecule has 8 heteroatoms. The maximum absolute atomic E-state index is 12.7. The molecule has 0 fully saturated rings. The minimum atomic E-state index is -0.887. The van der Waals surface area contributed by atoms with Crippen molar-refractivity contribution in [1.29, 1.82) is 0 Å². The second kappa shape index (κ2) is 33.2. The summed E-state index contributed by atoms with van der Waals surface area (Å²) in [5.41, 5.74) is 0. The Bertz CT molecular complexity index is 1010. The van der Waals surface area contributed by atoms with Gasteiger partial charge in [-0.3, -0.25) is 9.59 Å². The van der Waals surface area contributed by atoms with Crippen LogP contribution in [-0.4, -0.2) is 80.6 Å². The molecule has 0 saturated heterocycles. The lowest BCUT2D eigenvalue weighted by molar-refractivity contribution is -0.887. The summed E-state index contributed by atoms with van der Waals surface area (Å²) in [6.45, 7) is 4.49. The van der Waals surface area contributed by atoms with E-state index < -0.39 is 18.1 Å². The van der Waals surface area contributed by atoms with E-state index in [4.69, 9.17) is 14.2 Å². The molecule has 8 nitrogen and oxygen atoms in total. The van der Waals surface area contributed by atoms with Gasteiger partial charge in [-0.2, -0.15) is 0 Å². The number of hydrogen-bond donors (Lipinski definition) is 1. The zero-order valence-electron chi connectivity index (χ0n) is 32.3.